The minimum absolute atomic E-state index is 0.00886. The third-order valence-corrected chi connectivity index (χ3v) is 5.51. The number of carbonyl (C=O) groups excluding carboxylic acids is 2. The molecule has 3 aliphatic heterocycles. The molecule has 4 rings (SSSR count). The maximum Gasteiger partial charge on any atom is 0.330 e. The highest BCUT2D eigenvalue weighted by molar-refractivity contribution is 6.09. The summed E-state index contributed by atoms with van der Waals surface area (Å²) in [6.07, 6.45) is 5.32. The van der Waals surface area contributed by atoms with E-state index in [0.29, 0.717) is 0 Å². The van der Waals surface area contributed by atoms with Gasteiger partial charge in [0.2, 0.25) is 0 Å². The van der Waals surface area contributed by atoms with E-state index >= 15 is 0 Å². The average molecular weight is 324 g/mol. The maximum atomic E-state index is 13.0. The van der Waals surface area contributed by atoms with Gasteiger partial charge in [-0.25, -0.2) is 4.79 Å². The summed E-state index contributed by atoms with van der Waals surface area (Å²) < 4.78 is 4.71. The normalized spacial score (nSPS) is 28.6. The fourth-order valence-electron chi connectivity index (χ4n) is 4.53. The average Bonchev–Trinajstić information content (AvgIpc) is 3.22. The molecule has 1 aromatic rings. The first-order chi connectivity index (χ1) is 11.6. The molecule has 3 aliphatic rings. The number of anilines is 1. The van der Waals surface area contributed by atoms with Crippen LogP contribution in [0.15, 0.2) is 47.6 Å². The first-order valence-corrected chi connectivity index (χ1v) is 8.25. The zero-order valence-electron chi connectivity index (χ0n) is 13.8. The van der Waals surface area contributed by atoms with Crippen LogP contribution in [0.4, 0.5) is 5.69 Å². The second kappa shape index (κ2) is 5.31. The number of hydrogen-bond acceptors (Lipinski definition) is 4. The Kier molecular flexibility index (Phi) is 3.35. The maximum absolute atomic E-state index is 13.0. The van der Waals surface area contributed by atoms with Gasteiger partial charge in [-0.3, -0.25) is 9.69 Å². The molecular formula is C19H20N2O3. The molecule has 124 valence electrons. The predicted octanol–water partition coefficient (Wildman–Crippen LogP) is 2.36. The molecule has 1 spiro atoms. The first-order valence-electron chi connectivity index (χ1n) is 8.25. The Labute approximate surface area is 141 Å². The third-order valence-electron chi connectivity index (χ3n) is 5.51. The molecule has 1 amide bonds. The molecule has 0 saturated carbocycles. The van der Waals surface area contributed by atoms with Crippen LogP contribution in [-0.2, 0) is 19.9 Å². The van der Waals surface area contributed by atoms with E-state index in [1.165, 1.54) is 13.2 Å². The Morgan fingerprint density at radius 1 is 1.42 bits per heavy atom. The van der Waals surface area contributed by atoms with Crippen LogP contribution < -0.4 is 5.32 Å². The van der Waals surface area contributed by atoms with Crippen molar-refractivity contribution >= 4 is 17.6 Å². The SMILES string of the molecule is COC(=O)/C=C/C1=C(C)C2(C(=O)Nc3ccccc32)N2CCCC12. The number of carbonyl (C=O) groups is 2. The predicted molar refractivity (Wildman–Crippen MR) is 90.3 cm³/mol. The number of nitrogens with zero attached hydrogens (tertiary/aromatic N) is 1. The Hall–Kier alpha value is -2.40. The van der Waals surface area contributed by atoms with Crippen LogP contribution >= 0.6 is 0 Å². The minimum atomic E-state index is -0.743. The van der Waals surface area contributed by atoms with Crippen LogP contribution in [0, 0.1) is 0 Å². The van der Waals surface area contributed by atoms with E-state index < -0.39 is 5.54 Å². The fraction of sp³-hybridized carbons (Fsp3) is 0.368. The first kappa shape index (κ1) is 15.1. The number of rotatable bonds is 2. The molecule has 2 atom stereocenters. The van der Waals surface area contributed by atoms with Crippen LogP contribution in [0.5, 0.6) is 0 Å². The molecule has 0 bridgehead atoms. The van der Waals surface area contributed by atoms with Crippen LogP contribution in [0.1, 0.15) is 25.3 Å². The number of para-hydroxylation sites is 1. The molecule has 1 N–H and O–H groups in total. The van der Waals surface area contributed by atoms with E-state index in [1.807, 2.05) is 37.3 Å². The highest BCUT2D eigenvalue weighted by Crippen LogP contribution is 2.54. The van der Waals surface area contributed by atoms with Gasteiger partial charge in [0.05, 0.1) is 7.11 Å². The molecule has 5 heteroatoms. The number of esters is 1. The van der Waals surface area contributed by atoms with Crippen molar-refractivity contribution in [3.8, 4) is 0 Å². The number of hydrogen-bond donors (Lipinski definition) is 1. The van der Waals surface area contributed by atoms with Crippen LogP contribution in [-0.4, -0.2) is 36.5 Å². The smallest absolute Gasteiger partial charge is 0.330 e. The molecule has 0 aliphatic carbocycles. The summed E-state index contributed by atoms with van der Waals surface area (Å²) in [5.74, 6) is -0.369. The molecule has 5 nitrogen and oxygen atoms in total. The van der Waals surface area contributed by atoms with Gasteiger partial charge in [0.15, 0.2) is 5.54 Å². The number of amides is 1. The summed E-state index contributed by atoms with van der Waals surface area (Å²) in [5.41, 5.74) is 3.22. The van der Waals surface area contributed by atoms with Crippen LogP contribution in [0.25, 0.3) is 0 Å². The summed E-state index contributed by atoms with van der Waals surface area (Å²) in [6.45, 7) is 2.89. The summed E-state index contributed by atoms with van der Waals surface area (Å²) in [5, 5.41) is 3.04. The van der Waals surface area contributed by atoms with E-state index in [-0.39, 0.29) is 17.9 Å². The molecular weight excluding hydrogens is 304 g/mol. The van der Waals surface area contributed by atoms with Gasteiger partial charge in [-0.2, -0.15) is 0 Å². The molecule has 2 unspecified atom stereocenters. The van der Waals surface area contributed by atoms with Gasteiger partial charge in [-0.05, 0) is 37.0 Å². The van der Waals surface area contributed by atoms with Crippen molar-refractivity contribution in [2.75, 3.05) is 19.0 Å². The van der Waals surface area contributed by atoms with Gasteiger partial charge in [-0.15, -0.1) is 0 Å². The zero-order chi connectivity index (χ0) is 16.9. The lowest BCUT2D eigenvalue weighted by molar-refractivity contribution is -0.134. The van der Waals surface area contributed by atoms with Gasteiger partial charge in [0, 0.05) is 29.9 Å². The van der Waals surface area contributed by atoms with Gasteiger partial charge in [0.1, 0.15) is 0 Å². The molecule has 0 aromatic heterocycles. The molecule has 3 heterocycles. The summed E-state index contributed by atoms with van der Waals surface area (Å²) >= 11 is 0. The fourth-order valence-corrected chi connectivity index (χ4v) is 4.53. The Bertz CT molecular complexity index is 796. The lowest BCUT2D eigenvalue weighted by atomic mass is 9.83. The largest absolute Gasteiger partial charge is 0.466 e. The molecule has 0 radical (unpaired) electrons. The number of benzene rings is 1. The number of fused-ring (bicyclic) bond motifs is 4. The van der Waals surface area contributed by atoms with E-state index in [4.69, 9.17) is 4.74 Å². The summed E-state index contributed by atoms with van der Waals surface area (Å²) in [4.78, 5) is 26.9. The van der Waals surface area contributed by atoms with E-state index in [1.54, 1.807) is 0 Å². The Morgan fingerprint density at radius 3 is 3.00 bits per heavy atom. The van der Waals surface area contributed by atoms with Gasteiger partial charge >= 0.3 is 5.97 Å². The highest BCUT2D eigenvalue weighted by atomic mass is 16.5. The topological polar surface area (TPSA) is 58.6 Å². The van der Waals surface area contributed by atoms with Gasteiger partial charge < -0.3 is 10.1 Å². The third kappa shape index (κ3) is 1.79. The molecule has 1 fully saturated rings. The van der Waals surface area contributed by atoms with Crippen molar-refractivity contribution in [1.82, 2.24) is 4.90 Å². The van der Waals surface area contributed by atoms with Crippen molar-refractivity contribution in [2.45, 2.75) is 31.3 Å². The second-order valence-electron chi connectivity index (χ2n) is 6.50. The zero-order valence-corrected chi connectivity index (χ0v) is 13.8. The molecule has 1 aromatic carbocycles. The van der Waals surface area contributed by atoms with E-state index in [2.05, 4.69) is 10.2 Å². The monoisotopic (exact) mass is 324 g/mol. The quantitative estimate of drug-likeness (QED) is 0.670. The van der Waals surface area contributed by atoms with E-state index in [9.17, 15) is 9.59 Å². The van der Waals surface area contributed by atoms with Crippen molar-refractivity contribution in [3.05, 3.63) is 53.1 Å². The summed E-state index contributed by atoms with van der Waals surface area (Å²) in [7, 11) is 1.37. The Morgan fingerprint density at radius 2 is 2.21 bits per heavy atom. The standard InChI is InChI=1S/C19H20N2O3/c1-12-13(9-10-17(22)24-2)16-8-5-11-21(16)19(12)14-6-3-4-7-15(14)20-18(19)23/h3-4,6-7,9-10,16H,5,8,11H2,1-2H3,(H,20,23)/b10-9+. The molecule has 24 heavy (non-hydrogen) atoms. The minimum Gasteiger partial charge on any atom is -0.466 e. The van der Waals surface area contributed by atoms with Crippen molar-refractivity contribution in [3.63, 3.8) is 0 Å². The lowest BCUT2D eigenvalue weighted by Gasteiger charge is -2.35. The molecule has 1 saturated heterocycles. The van der Waals surface area contributed by atoms with E-state index in [0.717, 1.165) is 41.8 Å². The van der Waals surface area contributed by atoms with Crippen LogP contribution in [0.2, 0.25) is 0 Å². The van der Waals surface area contributed by atoms with Crippen molar-refractivity contribution < 1.29 is 14.3 Å². The number of ether oxygens (including phenoxy) is 1. The highest BCUT2D eigenvalue weighted by Gasteiger charge is 2.60. The second-order valence-corrected chi connectivity index (χ2v) is 6.50. The van der Waals surface area contributed by atoms with Crippen molar-refractivity contribution in [1.29, 1.82) is 0 Å². The van der Waals surface area contributed by atoms with Gasteiger partial charge in [-0.1, -0.05) is 24.3 Å². The van der Waals surface area contributed by atoms with Crippen LogP contribution in [0.3, 0.4) is 0 Å². The Balaban J connectivity index is 1.89. The summed E-state index contributed by atoms with van der Waals surface area (Å²) in [6, 6.07) is 8.05. The lowest BCUT2D eigenvalue weighted by Crippen LogP contribution is -2.49. The number of nitrogens with one attached hydrogen (secondary N) is 1. The van der Waals surface area contributed by atoms with Crippen molar-refractivity contribution in [2.24, 2.45) is 0 Å². The number of methoxy groups -OCH3 is 1. The van der Waals surface area contributed by atoms with Gasteiger partial charge in [0.25, 0.3) is 5.91 Å².